The van der Waals surface area contributed by atoms with E-state index in [1.165, 1.54) is 5.56 Å². The lowest BCUT2D eigenvalue weighted by atomic mass is 10.1. The molecule has 0 saturated carbocycles. The number of pyridine rings is 1. The summed E-state index contributed by atoms with van der Waals surface area (Å²) in [4.78, 5) is 21.9. The Bertz CT molecular complexity index is 843. The third-order valence-electron chi connectivity index (χ3n) is 3.88. The summed E-state index contributed by atoms with van der Waals surface area (Å²) in [5.74, 6) is 0.0197. The van der Waals surface area contributed by atoms with Gasteiger partial charge in [0.25, 0.3) is 0 Å². The zero-order valence-electron chi connectivity index (χ0n) is 13.7. The molecule has 0 spiro atoms. The molecule has 1 N–H and O–H groups in total. The Kier molecular flexibility index (Phi) is 5.01. The van der Waals surface area contributed by atoms with E-state index in [2.05, 4.69) is 28.3 Å². The van der Waals surface area contributed by atoms with Gasteiger partial charge in [0.15, 0.2) is 0 Å². The van der Waals surface area contributed by atoms with Crippen LogP contribution in [-0.2, 0) is 17.8 Å². The van der Waals surface area contributed by atoms with E-state index in [4.69, 9.17) is 0 Å². The average molecular weight is 337 g/mol. The first-order valence-corrected chi connectivity index (χ1v) is 8.63. The second-order valence-electron chi connectivity index (χ2n) is 5.64. The molecule has 0 fully saturated rings. The van der Waals surface area contributed by atoms with Crippen molar-refractivity contribution in [3.05, 3.63) is 70.5 Å². The number of carbonyl (C=O) groups is 1. The first-order valence-electron chi connectivity index (χ1n) is 7.81. The van der Waals surface area contributed by atoms with Crippen LogP contribution in [0.15, 0.2) is 48.8 Å². The number of aromatic nitrogens is 2. The van der Waals surface area contributed by atoms with Crippen molar-refractivity contribution in [1.29, 1.82) is 0 Å². The van der Waals surface area contributed by atoms with Crippen molar-refractivity contribution in [2.75, 3.05) is 0 Å². The van der Waals surface area contributed by atoms with Crippen molar-refractivity contribution in [1.82, 2.24) is 15.3 Å². The highest BCUT2D eigenvalue weighted by molar-refractivity contribution is 7.15. The fourth-order valence-corrected chi connectivity index (χ4v) is 3.49. The van der Waals surface area contributed by atoms with Crippen LogP contribution in [0.25, 0.3) is 10.6 Å². The molecule has 4 nitrogen and oxygen atoms in total. The quantitative estimate of drug-likeness (QED) is 0.773. The number of carbonyl (C=O) groups excluding carboxylic acids is 1. The van der Waals surface area contributed by atoms with Crippen molar-refractivity contribution in [3.8, 4) is 10.6 Å². The minimum absolute atomic E-state index is 0.0197. The molecule has 1 aromatic carbocycles. The topological polar surface area (TPSA) is 54.9 Å². The summed E-state index contributed by atoms with van der Waals surface area (Å²) in [5, 5.41) is 3.92. The Hall–Kier alpha value is -2.53. The first kappa shape index (κ1) is 16.3. The highest BCUT2D eigenvalue weighted by Gasteiger charge is 2.13. The smallest absolute Gasteiger partial charge is 0.225 e. The van der Waals surface area contributed by atoms with Crippen LogP contribution in [0.2, 0.25) is 0 Å². The summed E-state index contributed by atoms with van der Waals surface area (Å²) in [7, 11) is 0. The Morgan fingerprint density at radius 1 is 1.12 bits per heavy atom. The van der Waals surface area contributed by atoms with Gasteiger partial charge in [0, 0.05) is 29.4 Å². The molecule has 0 atom stereocenters. The van der Waals surface area contributed by atoms with Crippen LogP contribution >= 0.6 is 11.3 Å². The monoisotopic (exact) mass is 337 g/mol. The van der Waals surface area contributed by atoms with Gasteiger partial charge in [-0.15, -0.1) is 11.3 Å². The maximum Gasteiger partial charge on any atom is 0.225 e. The summed E-state index contributed by atoms with van der Waals surface area (Å²) >= 11 is 1.57. The molecule has 0 aliphatic carbocycles. The number of hydrogen-bond acceptors (Lipinski definition) is 4. The van der Waals surface area contributed by atoms with Gasteiger partial charge in [-0.05, 0) is 37.1 Å². The molecule has 0 bridgehead atoms. The summed E-state index contributed by atoms with van der Waals surface area (Å²) in [6, 6.07) is 11.9. The van der Waals surface area contributed by atoms with E-state index >= 15 is 0 Å². The Morgan fingerprint density at radius 3 is 2.62 bits per heavy atom. The van der Waals surface area contributed by atoms with Gasteiger partial charge < -0.3 is 5.32 Å². The normalized spacial score (nSPS) is 10.6. The number of rotatable bonds is 5. The molecule has 0 aliphatic heterocycles. The number of thiazole rings is 1. The molecule has 0 radical (unpaired) electrons. The van der Waals surface area contributed by atoms with Gasteiger partial charge in [-0.1, -0.05) is 24.3 Å². The zero-order valence-corrected chi connectivity index (χ0v) is 14.6. The summed E-state index contributed by atoms with van der Waals surface area (Å²) in [5.41, 5.74) is 4.28. The number of benzene rings is 1. The minimum atomic E-state index is 0.0197. The van der Waals surface area contributed by atoms with E-state index in [-0.39, 0.29) is 5.91 Å². The van der Waals surface area contributed by atoms with Crippen molar-refractivity contribution in [3.63, 3.8) is 0 Å². The molecular weight excluding hydrogens is 318 g/mol. The summed E-state index contributed by atoms with van der Waals surface area (Å²) in [6.45, 7) is 4.56. The number of nitrogens with one attached hydrogen (secondary N) is 1. The molecular formula is C19H19N3OS. The highest BCUT2D eigenvalue weighted by atomic mass is 32.1. The second kappa shape index (κ2) is 7.36. The van der Waals surface area contributed by atoms with E-state index < -0.39 is 0 Å². The molecule has 3 aromatic rings. The van der Waals surface area contributed by atoms with Gasteiger partial charge >= 0.3 is 0 Å². The molecule has 24 heavy (non-hydrogen) atoms. The van der Waals surface area contributed by atoms with Crippen LogP contribution in [0.4, 0.5) is 0 Å². The van der Waals surface area contributed by atoms with E-state index in [0.717, 1.165) is 26.7 Å². The van der Waals surface area contributed by atoms with Crippen molar-refractivity contribution >= 4 is 17.2 Å². The maximum absolute atomic E-state index is 12.3. The number of aryl methyl sites for hydroxylation is 2. The fraction of sp³-hybridized carbons (Fsp3) is 0.211. The summed E-state index contributed by atoms with van der Waals surface area (Å²) < 4.78 is 0. The molecule has 2 heterocycles. The van der Waals surface area contributed by atoms with Crippen LogP contribution in [0, 0.1) is 13.8 Å². The van der Waals surface area contributed by atoms with Crippen LogP contribution in [0.3, 0.4) is 0 Å². The van der Waals surface area contributed by atoms with E-state index in [1.807, 2.05) is 37.3 Å². The Labute approximate surface area is 145 Å². The predicted octanol–water partition coefficient (Wildman–Crippen LogP) is 3.68. The van der Waals surface area contributed by atoms with Gasteiger partial charge in [-0.25, -0.2) is 4.98 Å². The summed E-state index contributed by atoms with van der Waals surface area (Å²) in [6.07, 6.45) is 3.86. The molecule has 0 unspecified atom stereocenters. The van der Waals surface area contributed by atoms with Gasteiger partial charge in [0.2, 0.25) is 5.91 Å². The van der Waals surface area contributed by atoms with Crippen molar-refractivity contribution < 1.29 is 4.79 Å². The van der Waals surface area contributed by atoms with Crippen LogP contribution in [0.5, 0.6) is 0 Å². The third-order valence-corrected chi connectivity index (χ3v) is 5.08. The Balaban J connectivity index is 1.65. The van der Waals surface area contributed by atoms with Crippen LogP contribution in [-0.4, -0.2) is 15.9 Å². The van der Waals surface area contributed by atoms with E-state index in [9.17, 15) is 4.79 Å². The molecule has 122 valence electrons. The van der Waals surface area contributed by atoms with Crippen molar-refractivity contribution in [2.24, 2.45) is 0 Å². The highest BCUT2D eigenvalue weighted by Crippen LogP contribution is 2.27. The molecule has 5 heteroatoms. The van der Waals surface area contributed by atoms with Crippen molar-refractivity contribution in [2.45, 2.75) is 26.8 Å². The molecule has 0 saturated heterocycles. The second-order valence-corrected chi connectivity index (χ2v) is 6.73. The number of amides is 1. The van der Waals surface area contributed by atoms with Gasteiger partial charge in [-0.3, -0.25) is 9.78 Å². The lowest BCUT2D eigenvalue weighted by molar-refractivity contribution is -0.120. The van der Waals surface area contributed by atoms with Gasteiger partial charge in [0.05, 0.1) is 12.1 Å². The standard InChI is InChI=1S/C19H19N3OS/c1-13-5-3-4-6-16(13)12-21-18(23)11-17-14(2)22-19(24-17)15-7-9-20-10-8-15/h3-10H,11-12H2,1-2H3,(H,21,23). The molecule has 0 aliphatic rings. The molecule has 3 rings (SSSR count). The molecule has 2 aromatic heterocycles. The maximum atomic E-state index is 12.3. The van der Waals surface area contributed by atoms with Gasteiger partial charge in [0.1, 0.15) is 5.01 Å². The zero-order chi connectivity index (χ0) is 16.9. The average Bonchev–Trinajstić information content (AvgIpc) is 2.96. The SMILES string of the molecule is Cc1ccccc1CNC(=O)Cc1sc(-c2ccncc2)nc1C. The number of hydrogen-bond donors (Lipinski definition) is 1. The predicted molar refractivity (Wildman–Crippen MR) is 96.8 cm³/mol. The lowest BCUT2D eigenvalue weighted by Gasteiger charge is -2.07. The Morgan fingerprint density at radius 2 is 1.88 bits per heavy atom. The fourth-order valence-electron chi connectivity index (χ4n) is 2.42. The number of nitrogens with zero attached hydrogens (tertiary/aromatic N) is 2. The van der Waals surface area contributed by atoms with E-state index in [1.54, 1.807) is 23.7 Å². The lowest BCUT2D eigenvalue weighted by Crippen LogP contribution is -2.24. The van der Waals surface area contributed by atoms with Gasteiger partial charge in [-0.2, -0.15) is 0 Å². The third kappa shape index (κ3) is 3.86. The van der Waals surface area contributed by atoms with Crippen LogP contribution in [0.1, 0.15) is 21.7 Å². The largest absolute Gasteiger partial charge is 0.352 e. The minimum Gasteiger partial charge on any atom is -0.352 e. The first-order chi connectivity index (χ1) is 11.6. The molecule has 1 amide bonds. The van der Waals surface area contributed by atoms with Crippen LogP contribution < -0.4 is 5.32 Å². The van der Waals surface area contributed by atoms with E-state index in [0.29, 0.717) is 13.0 Å².